The van der Waals surface area contributed by atoms with Crippen molar-refractivity contribution < 1.29 is 0 Å². The Balaban J connectivity index is 2.24. The molecule has 1 atom stereocenters. The molecule has 3 heteroatoms. The molecule has 1 aromatic heterocycles. The van der Waals surface area contributed by atoms with Gasteiger partial charge in [0.1, 0.15) is 6.04 Å². The first kappa shape index (κ1) is 11.3. The van der Waals surface area contributed by atoms with E-state index in [4.69, 9.17) is 12.2 Å². The van der Waals surface area contributed by atoms with Gasteiger partial charge < -0.3 is 0 Å². The Bertz CT molecular complexity index is 582. The summed E-state index contributed by atoms with van der Waals surface area (Å²) in [6.45, 7) is 0. The number of aliphatic imine (C=N–C) groups is 1. The molecule has 18 heavy (non-hydrogen) atoms. The highest BCUT2D eigenvalue weighted by molar-refractivity contribution is 7.78. The summed E-state index contributed by atoms with van der Waals surface area (Å²) in [7, 11) is 0. The Morgan fingerprint density at radius 2 is 1.89 bits per heavy atom. The standard InChI is InChI=1S/C15H12N2S/c18-10-17-15-13-4-2-1-3-11(13)5-6-12-9-16-8-7-14(12)15/h1-4,7-9,15H,5-6H2. The van der Waals surface area contributed by atoms with E-state index in [2.05, 4.69) is 39.4 Å². The van der Waals surface area contributed by atoms with Crippen LogP contribution in [0.3, 0.4) is 0 Å². The molecule has 2 nitrogen and oxygen atoms in total. The van der Waals surface area contributed by atoms with Gasteiger partial charge in [-0.2, -0.15) is 0 Å². The molecule has 1 aliphatic carbocycles. The summed E-state index contributed by atoms with van der Waals surface area (Å²) in [6.07, 6.45) is 5.79. The molecule has 88 valence electrons. The van der Waals surface area contributed by atoms with Crippen LogP contribution in [0.15, 0.2) is 47.7 Å². The number of pyridine rings is 1. The van der Waals surface area contributed by atoms with E-state index in [1.165, 1.54) is 22.3 Å². The zero-order valence-corrected chi connectivity index (χ0v) is 10.7. The third-order valence-corrected chi connectivity index (χ3v) is 3.54. The van der Waals surface area contributed by atoms with Crippen LogP contribution in [0.25, 0.3) is 0 Å². The van der Waals surface area contributed by atoms with Crippen molar-refractivity contribution in [1.29, 1.82) is 0 Å². The van der Waals surface area contributed by atoms with Gasteiger partial charge in [-0.15, -0.1) is 0 Å². The molecule has 1 unspecified atom stereocenters. The van der Waals surface area contributed by atoms with Crippen LogP contribution in [0.5, 0.6) is 0 Å². The van der Waals surface area contributed by atoms with Gasteiger partial charge in [0, 0.05) is 12.4 Å². The van der Waals surface area contributed by atoms with Crippen LogP contribution in [0.4, 0.5) is 0 Å². The zero-order valence-electron chi connectivity index (χ0n) is 9.84. The summed E-state index contributed by atoms with van der Waals surface area (Å²) in [4.78, 5) is 8.57. The van der Waals surface area contributed by atoms with Crippen LogP contribution >= 0.6 is 12.2 Å². The van der Waals surface area contributed by atoms with Crippen LogP contribution in [-0.2, 0) is 12.8 Å². The second-order valence-electron chi connectivity index (χ2n) is 4.40. The Morgan fingerprint density at radius 1 is 1.11 bits per heavy atom. The molecular weight excluding hydrogens is 240 g/mol. The normalized spacial score (nSPS) is 17.0. The summed E-state index contributed by atoms with van der Waals surface area (Å²) in [5.41, 5.74) is 5.03. The van der Waals surface area contributed by atoms with E-state index >= 15 is 0 Å². The molecule has 0 bridgehead atoms. The second-order valence-corrected chi connectivity index (χ2v) is 4.58. The highest BCUT2D eigenvalue weighted by Gasteiger charge is 2.22. The zero-order chi connectivity index (χ0) is 12.4. The van der Waals surface area contributed by atoms with Crippen LogP contribution in [0.1, 0.15) is 28.3 Å². The van der Waals surface area contributed by atoms with Crippen molar-refractivity contribution in [3.8, 4) is 0 Å². The summed E-state index contributed by atoms with van der Waals surface area (Å²) >= 11 is 4.80. The lowest BCUT2D eigenvalue weighted by atomic mass is 9.96. The summed E-state index contributed by atoms with van der Waals surface area (Å²) in [6, 6.07) is 10.4. The minimum atomic E-state index is -0.0285. The summed E-state index contributed by atoms with van der Waals surface area (Å²) in [5.74, 6) is 0. The number of fused-ring (bicyclic) bond motifs is 2. The fraction of sp³-hybridized carbons (Fsp3) is 0.200. The maximum atomic E-state index is 4.80. The molecule has 0 fully saturated rings. The molecule has 1 aliphatic rings. The fourth-order valence-corrected chi connectivity index (χ4v) is 2.68. The molecule has 0 N–H and O–H groups in total. The number of aryl methyl sites for hydroxylation is 2. The van der Waals surface area contributed by atoms with Crippen LogP contribution < -0.4 is 0 Å². The number of aromatic nitrogens is 1. The number of isothiocyanates is 1. The predicted molar refractivity (Wildman–Crippen MR) is 75.0 cm³/mol. The number of thiocarbonyl (C=S) groups is 1. The third kappa shape index (κ3) is 1.88. The summed E-state index contributed by atoms with van der Waals surface area (Å²) < 4.78 is 0. The van der Waals surface area contributed by atoms with E-state index in [9.17, 15) is 0 Å². The first-order valence-corrected chi connectivity index (χ1v) is 6.38. The van der Waals surface area contributed by atoms with Crippen molar-refractivity contribution in [2.24, 2.45) is 4.99 Å². The summed E-state index contributed by atoms with van der Waals surface area (Å²) in [5, 5.41) is 2.53. The molecule has 0 amide bonds. The lowest BCUT2D eigenvalue weighted by Gasteiger charge is -2.14. The Hall–Kier alpha value is -1.83. The molecule has 0 spiro atoms. The van der Waals surface area contributed by atoms with Crippen LogP contribution in [0, 0.1) is 0 Å². The lowest BCUT2D eigenvalue weighted by molar-refractivity contribution is 0.868. The van der Waals surface area contributed by atoms with Crippen molar-refractivity contribution in [1.82, 2.24) is 4.98 Å². The van der Waals surface area contributed by atoms with Gasteiger partial charge in [-0.1, -0.05) is 24.3 Å². The molecule has 2 aromatic rings. The van der Waals surface area contributed by atoms with Gasteiger partial charge in [0.15, 0.2) is 0 Å². The quantitative estimate of drug-likeness (QED) is 0.574. The predicted octanol–water partition coefficient (Wildman–Crippen LogP) is 3.37. The number of hydrogen-bond donors (Lipinski definition) is 0. The van der Waals surface area contributed by atoms with E-state index in [1.54, 1.807) is 0 Å². The van der Waals surface area contributed by atoms with Gasteiger partial charge in [0.05, 0.1) is 5.16 Å². The van der Waals surface area contributed by atoms with E-state index < -0.39 is 0 Å². The molecular formula is C15H12N2S. The maximum Gasteiger partial charge on any atom is 0.111 e. The average molecular weight is 252 g/mol. The van der Waals surface area contributed by atoms with E-state index in [1.807, 2.05) is 18.5 Å². The molecule has 1 aromatic carbocycles. The SMILES string of the molecule is S=C=NC1c2ccccc2CCc2cnccc21. The Labute approximate surface area is 111 Å². The largest absolute Gasteiger partial charge is 0.264 e. The first-order chi connectivity index (χ1) is 8.90. The monoisotopic (exact) mass is 252 g/mol. The fourth-order valence-electron chi connectivity index (χ4n) is 2.57. The van der Waals surface area contributed by atoms with Gasteiger partial charge in [0.25, 0.3) is 0 Å². The smallest absolute Gasteiger partial charge is 0.111 e. The molecule has 3 rings (SSSR count). The van der Waals surface area contributed by atoms with Gasteiger partial charge >= 0.3 is 0 Å². The molecule has 0 saturated heterocycles. The van der Waals surface area contributed by atoms with Crippen molar-refractivity contribution >= 4 is 17.4 Å². The number of benzene rings is 1. The van der Waals surface area contributed by atoms with Crippen LogP contribution in [0.2, 0.25) is 0 Å². The van der Waals surface area contributed by atoms with Gasteiger partial charge in [-0.05, 0) is 53.4 Å². The van der Waals surface area contributed by atoms with E-state index in [0.29, 0.717) is 0 Å². The van der Waals surface area contributed by atoms with Crippen molar-refractivity contribution in [3.05, 3.63) is 65.0 Å². The van der Waals surface area contributed by atoms with Crippen molar-refractivity contribution in [3.63, 3.8) is 0 Å². The lowest BCUT2D eigenvalue weighted by Crippen LogP contribution is -2.01. The van der Waals surface area contributed by atoms with E-state index in [-0.39, 0.29) is 6.04 Å². The molecule has 1 heterocycles. The maximum absolute atomic E-state index is 4.80. The average Bonchev–Trinajstić information content (AvgIpc) is 2.58. The molecule has 0 radical (unpaired) electrons. The third-order valence-electron chi connectivity index (χ3n) is 3.43. The Morgan fingerprint density at radius 3 is 2.78 bits per heavy atom. The van der Waals surface area contributed by atoms with Gasteiger partial charge in [0.2, 0.25) is 0 Å². The highest BCUT2D eigenvalue weighted by atomic mass is 32.1. The first-order valence-electron chi connectivity index (χ1n) is 5.97. The van der Waals surface area contributed by atoms with Crippen LogP contribution in [-0.4, -0.2) is 10.1 Å². The second kappa shape index (κ2) is 4.81. The Kier molecular flexibility index (Phi) is 3.01. The highest BCUT2D eigenvalue weighted by Crippen LogP contribution is 2.34. The minimum absolute atomic E-state index is 0.0285. The van der Waals surface area contributed by atoms with Gasteiger partial charge in [-0.25, -0.2) is 4.99 Å². The minimum Gasteiger partial charge on any atom is -0.264 e. The topological polar surface area (TPSA) is 25.2 Å². The number of nitrogens with zero attached hydrogens (tertiary/aromatic N) is 2. The van der Waals surface area contributed by atoms with Crippen molar-refractivity contribution in [2.45, 2.75) is 18.9 Å². The molecule has 0 saturated carbocycles. The van der Waals surface area contributed by atoms with Crippen molar-refractivity contribution in [2.75, 3.05) is 0 Å². The number of hydrogen-bond acceptors (Lipinski definition) is 3. The van der Waals surface area contributed by atoms with Gasteiger partial charge in [-0.3, -0.25) is 4.98 Å². The molecule has 0 aliphatic heterocycles. The van der Waals surface area contributed by atoms with E-state index in [0.717, 1.165) is 12.8 Å². The number of rotatable bonds is 1.